The molecule has 0 aromatic carbocycles. The van der Waals surface area contributed by atoms with Crippen LogP contribution in [0, 0.1) is 6.92 Å². The van der Waals surface area contributed by atoms with Crippen LogP contribution in [0.5, 0.6) is 0 Å². The van der Waals surface area contributed by atoms with E-state index in [1.165, 1.54) is 17.0 Å². The summed E-state index contributed by atoms with van der Waals surface area (Å²) in [5, 5.41) is 3.30. The maximum Gasteiger partial charge on any atom is 0.128 e. The van der Waals surface area contributed by atoms with Crippen LogP contribution < -0.4 is 0 Å². The molecule has 4 nitrogen and oxygen atoms in total. The SMILES string of the molecule is CCCc1ncc2c(n1)CCN(Cc1csc(C)n1)C2. The number of fused-ring (bicyclic) bond motifs is 1. The zero-order chi connectivity index (χ0) is 13.9. The Kier molecular flexibility index (Phi) is 4.08. The van der Waals surface area contributed by atoms with Gasteiger partial charge in [-0.1, -0.05) is 6.92 Å². The molecule has 2 aromatic heterocycles. The van der Waals surface area contributed by atoms with Crippen LogP contribution in [-0.4, -0.2) is 26.4 Å². The molecular weight excluding hydrogens is 268 g/mol. The molecule has 20 heavy (non-hydrogen) atoms. The molecule has 0 bridgehead atoms. The van der Waals surface area contributed by atoms with E-state index in [1.54, 1.807) is 11.3 Å². The number of rotatable bonds is 4. The van der Waals surface area contributed by atoms with Crippen molar-refractivity contribution in [2.75, 3.05) is 6.54 Å². The maximum atomic E-state index is 4.70. The second-order valence-corrected chi connectivity index (χ2v) is 6.39. The molecule has 106 valence electrons. The van der Waals surface area contributed by atoms with E-state index in [0.29, 0.717) is 0 Å². The van der Waals surface area contributed by atoms with Crippen LogP contribution in [0.15, 0.2) is 11.6 Å². The first-order chi connectivity index (χ1) is 9.74. The molecular formula is C15H20N4S. The largest absolute Gasteiger partial charge is 0.293 e. The lowest BCUT2D eigenvalue weighted by Gasteiger charge is -2.27. The van der Waals surface area contributed by atoms with Gasteiger partial charge in [0, 0.05) is 55.3 Å². The summed E-state index contributed by atoms with van der Waals surface area (Å²) >= 11 is 1.72. The summed E-state index contributed by atoms with van der Waals surface area (Å²) < 4.78 is 0. The smallest absolute Gasteiger partial charge is 0.128 e. The molecule has 3 heterocycles. The maximum absolute atomic E-state index is 4.70. The lowest BCUT2D eigenvalue weighted by atomic mass is 10.1. The number of nitrogens with zero attached hydrogens (tertiary/aromatic N) is 4. The second kappa shape index (κ2) is 5.97. The van der Waals surface area contributed by atoms with Crippen molar-refractivity contribution in [2.24, 2.45) is 0 Å². The Morgan fingerprint density at radius 1 is 1.35 bits per heavy atom. The van der Waals surface area contributed by atoms with E-state index in [9.17, 15) is 0 Å². The third-order valence-corrected chi connectivity index (χ3v) is 4.41. The molecule has 0 unspecified atom stereocenters. The van der Waals surface area contributed by atoms with Crippen molar-refractivity contribution in [1.29, 1.82) is 0 Å². The molecule has 0 saturated heterocycles. The summed E-state index contributed by atoms with van der Waals surface area (Å²) in [6, 6.07) is 0. The van der Waals surface area contributed by atoms with Gasteiger partial charge in [0.15, 0.2) is 0 Å². The monoisotopic (exact) mass is 288 g/mol. The average Bonchev–Trinajstić information content (AvgIpc) is 2.85. The number of aryl methyl sites for hydroxylation is 2. The standard InChI is InChI=1S/C15H20N4S/c1-3-4-15-16-7-12-8-19(6-5-14(12)18-15)9-13-10-20-11(2)17-13/h7,10H,3-6,8-9H2,1-2H3. The molecule has 3 rings (SSSR count). The third kappa shape index (κ3) is 3.04. The van der Waals surface area contributed by atoms with Crippen LogP contribution >= 0.6 is 11.3 Å². The summed E-state index contributed by atoms with van der Waals surface area (Å²) in [6.07, 6.45) is 5.13. The summed E-state index contributed by atoms with van der Waals surface area (Å²) in [6.45, 7) is 7.16. The normalized spacial score (nSPS) is 15.3. The summed E-state index contributed by atoms with van der Waals surface area (Å²) in [4.78, 5) is 16.1. The molecule has 0 atom stereocenters. The van der Waals surface area contributed by atoms with Crippen LogP contribution in [0.3, 0.4) is 0 Å². The molecule has 1 aliphatic rings. The minimum atomic E-state index is 0.931. The van der Waals surface area contributed by atoms with E-state index in [1.807, 2.05) is 6.20 Å². The zero-order valence-corrected chi connectivity index (χ0v) is 12.9. The van der Waals surface area contributed by atoms with Crippen LogP contribution in [0.1, 0.15) is 41.1 Å². The first kappa shape index (κ1) is 13.6. The highest BCUT2D eigenvalue weighted by molar-refractivity contribution is 7.09. The fraction of sp³-hybridized carbons (Fsp3) is 0.533. The van der Waals surface area contributed by atoms with Crippen LogP contribution in [0.2, 0.25) is 0 Å². The van der Waals surface area contributed by atoms with Gasteiger partial charge in [0.05, 0.1) is 10.7 Å². The highest BCUT2D eigenvalue weighted by atomic mass is 32.1. The van der Waals surface area contributed by atoms with Gasteiger partial charge in [0.25, 0.3) is 0 Å². The summed E-state index contributed by atoms with van der Waals surface area (Å²) in [7, 11) is 0. The zero-order valence-electron chi connectivity index (χ0n) is 12.1. The van der Waals surface area contributed by atoms with Gasteiger partial charge in [-0.25, -0.2) is 15.0 Å². The van der Waals surface area contributed by atoms with Crippen molar-refractivity contribution in [3.8, 4) is 0 Å². The van der Waals surface area contributed by atoms with Crippen LogP contribution in [-0.2, 0) is 25.9 Å². The van der Waals surface area contributed by atoms with Crippen molar-refractivity contribution in [1.82, 2.24) is 19.9 Å². The molecule has 2 aromatic rings. The Balaban J connectivity index is 1.69. The Labute approximate surface area is 123 Å². The highest BCUT2D eigenvalue weighted by Gasteiger charge is 2.19. The van der Waals surface area contributed by atoms with Gasteiger partial charge in [0.2, 0.25) is 0 Å². The first-order valence-corrected chi connectivity index (χ1v) is 8.09. The predicted molar refractivity (Wildman–Crippen MR) is 80.7 cm³/mol. The van der Waals surface area contributed by atoms with E-state index in [4.69, 9.17) is 4.98 Å². The van der Waals surface area contributed by atoms with Crippen LogP contribution in [0.4, 0.5) is 0 Å². The topological polar surface area (TPSA) is 41.9 Å². The molecule has 0 saturated carbocycles. The molecule has 0 amide bonds. The molecule has 0 spiro atoms. The summed E-state index contributed by atoms with van der Waals surface area (Å²) in [5.41, 5.74) is 3.71. The Bertz CT molecular complexity index is 593. The van der Waals surface area contributed by atoms with E-state index >= 15 is 0 Å². The van der Waals surface area contributed by atoms with Gasteiger partial charge >= 0.3 is 0 Å². The minimum Gasteiger partial charge on any atom is -0.293 e. The third-order valence-electron chi connectivity index (χ3n) is 3.59. The van der Waals surface area contributed by atoms with Gasteiger partial charge in [-0.3, -0.25) is 4.90 Å². The second-order valence-electron chi connectivity index (χ2n) is 5.33. The predicted octanol–water partition coefficient (Wildman–Crippen LogP) is 2.75. The van der Waals surface area contributed by atoms with E-state index in [-0.39, 0.29) is 0 Å². The Hall–Kier alpha value is -1.33. The summed E-state index contributed by atoms with van der Waals surface area (Å²) in [5.74, 6) is 0.995. The van der Waals surface area contributed by atoms with E-state index < -0.39 is 0 Å². The van der Waals surface area contributed by atoms with Crippen molar-refractivity contribution in [3.63, 3.8) is 0 Å². The first-order valence-electron chi connectivity index (χ1n) is 7.21. The van der Waals surface area contributed by atoms with Gasteiger partial charge in [-0.05, 0) is 13.3 Å². The highest BCUT2D eigenvalue weighted by Crippen LogP contribution is 2.19. The fourth-order valence-electron chi connectivity index (χ4n) is 2.60. The quantitative estimate of drug-likeness (QED) is 0.867. The van der Waals surface area contributed by atoms with Gasteiger partial charge in [-0.2, -0.15) is 0 Å². The van der Waals surface area contributed by atoms with Gasteiger partial charge in [0.1, 0.15) is 5.82 Å². The lowest BCUT2D eigenvalue weighted by molar-refractivity contribution is 0.240. The molecule has 5 heteroatoms. The van der Waals surface area contributed by atoms with Crippen molar-refractivity contribution in [3.05, 3.63) is 39.4 Å². The number of hydrogen-bond donors (Lipinski definition) is 0. The average molecular weight is 288 g/mol. The number of hydrogen-bond acceptors (Lipinski definition) is 5. The van der Waals surface area contributed by atoms with Gasteiger partial charge < -0.3 is 0 Å². The fourth-order valence-corrected chi connectivity index (χ4v) is 3.21. The number of aromatic nitrogens is 3. The van der Waals surface area contributed by atoms with Crippen molar-refractivity contribution >= 4 is 11.3 Å². The van der Waals surface area contributed by atoms with Crippen LogP contribution in [0.25, 0.3) is 0 Å². The van der Waals surface area contributed by atoms with E-state index in [2.05, 4.69) is 34.1 Å². The minimum absolute atomic E-state index is 0.931. The molecule has 0 N–H and O–H groups in total. The Morgan fingerprint density at radius 3 is 3.00 bits per heavy atom. The lowest BCUT2D eigenvalue weighted by Crippen LogP contribution is -2.31. The molecule has 1 aliphatic heterocycles. The van der Waals surface area contributed by atoms with Crippen molar-refractivity contribution < 1.29 is 0 Å². The molecule has 0 fully saturated rings. The molecule has 0 aliphatic carbocycles. The molecule has 0 radical (unpaired) electrons. The van der Waals surface area contributed by atoms with E-state index in [0.717, 1.165) is 49.7 Å². The van der Waals surface area contributed by atoms with Crippen molar-refractivity contribution in [2.45, 2.75) is 46.2 Å². The van der Waals surface area contributed by atoms with Gasteiger partial charge in [-0.15, -0.1) is 11.3 Å². The Morgan fingerprint density at radius 2 is 2.25 bits per heavy atom. The number of thiazole rings is 1.